The van der Waals surface area contributed by atoms with Crippen molar-refractivity contribution in [2.24, 2.45) is 0 Å². The Morgan fingerprint density at radius 3 is 2.27 bits per heavy atom. The maximum atomic E-state index is 13.3. The molecule has 0 aliphatic rings. The van der Waals surface area contributed by atoms with Gasteiger partial charge in [-0.1, -0.05) is 60.7 Å². The van der Waals surface area contributed by atoms with Crippen LogP contribution in [0.5, 0.6) is 0 Å². The molecule has 0 aromatic heterocycles. The molecule has 0 spiro atoms. The molecule has 3 rings (SSSR count). The summed E-state index contributed by atoms with van der Waals surface area (Å²) in [6.45, 7) is 7.16. The fourth-order valence-corrected chi connectivity index (χ4v) is 4.09. The number of nitrogens with one attached hydrogen (secondary N) is 4. The molecule has 0 radical (unpaired) electrons. The highest BCUT2D eigenvalue weighted by molar-refractivity contribution is 6.00. The summed E-state index contributed by atoms with van der Waals surface area (Å²) in [5.41, 5.74) is 0.143. The minimum Gasteiger partial charge on any atom is -0.380 e. The summed E-state index contributed by atoms with van der Waals surface area (Å²) in [6.07, 6.45) is 1.17. The molecule has 0 saturated carbocycles. The Labute approximate surface area is 243 Å². The number of hydrogen-bond donors (Lipinski definition) is 4. The zero-order valence-electron chi connectivity index (χ0n) is 23.7. The summed E-state index contributed by atoms with van der Waals surface area (Å²) in [4.78, 5) is 39.3. The summed E-state index contributed by atoms with van der Waals surface area (Å²) >= 11 is 0. The Kier molecular flexibility index (Phi) is 13.1. The van der Waals surface area contributed by atoms with Crippen LogP contribution in [-0.2, 0) is 20.7 Å². The number of amides is 3. The molecule has 0 unspecified atom stereocenters. The van der Waals surface area contributed by atoms with E-state index < -0.39 is 17.5 Å². The van der Waals surface area contributed by atoms with Gasteiger partial charge in [-0.15, -0.1) is 12.4 Å². The number of carbonyl (C=O) groups is 3. The number of hydrogen-bond acceptors (Lipinski definition) is 5. The first-order valence-electron chi connectivity index (χ1n) is 13.4. The van der Waals surface area contributed by atoms with Crippen LogP contribution in [0.15, 0.2) is 72.8 Å². The van der Waals surface area contributed by atoms with Crippen LogP contribution in [-0.4, -0.2) is 62.2 Å². The van der Waals surface area contributed by atoms with Gasteiger partial charge in [0.25, 0.3) is 5.91 Å². The first-order chi connectivity index (χ1) is 18.7. The predicted molar refractivity (Wildman–Crippen MR) is 162 cm³/mol. The molecule has 0 fully saturated rings. The molecule has 0 aliphatic heterocycles. The molecule has 216 valence electrons. The third-order valence-corrected chi connectivity index (χ3v) is 6.57. The molecule has 0 bridgehead atoms. The molecule has 9 heteroatoms. The van der Waals surface area contributed by atoms with Crippen molar-refractivity contribution in [2.75, 3.05) is 26.7 Å². The lowest BCUT2D eigenvalue weighted by molar-refractivity contribution is -0.131. The van der Waals surface area contributed by atoms with Crippen LogP contribution < -0.4 is 21.3 Å². The molecule has 8 nitrogen and oxygen atoms in total. The molecule has 2 atom stereocenters. The standard InChI is InChI=1S/C31H40N4O4.ClH/c1-22(39-4)21-32-17-10-18-33-29(37)27(20-23-15-16-24-11-8-9-14-26(24)19-23)34-30(38)31(2,3)35-28(36)25-12-6-5-7-13-25;/h5-9,11-16,19,22,27,32H,10,17-18,20-21H2,1-4H3,(H,33,37)(H,34,38)(H,35,36);1H/t22-,27-;/m1./s1. The largest absolute Gasteiger partial charge is 0.380 e. The van der Waals surface area contributed by atoms with E-state index in [-0.39, 0.29) is 30.3 Å². The van der Waals surface area contributed by atoms with Gasteiger partial charge in [0.2, 0.25) is 11.8 Å². The van der Waals surface area contributed by atoms with Crippen LogP contribution in [0, 0.1) is 0 Å². The molecule has 40 heavy (non-hydrogen) atoms. The molecular formula is C31H41ClN4O4. The van der Waals surface area contributed by atoms with Gasteiger partial charge < -0.3 is 26.0 Å². The summed E-state index contributed by atoms with van der Waals surface area (Å²) < 4.78 is 5.22. The fourth-order valence-electron chi connectivity index (χ4n) is 4.09. The highest BCUT2D eigenvalue weighted by atomic mass is 35.5. The fraction of sp³-hybridized carbons (Fsp3) is 0.387. The van der Waals surface area contributed by atoms with Gasteiger partial charge in [0.1, 0.15) is 11.6 Å². The molecule has 0 heterocycles. The predicted octanol–water partition coefficient (Wildman–Crippen LogP) is 3.63. The van der Waals surface area contributed by atoms with Gasteiger partial charge in [-0.3, -0.25) is 14.4 Å². The maximum absolute atomic E-state index is 13.3. The second-order valence-corrected chi connectivity index (χ2v) is 10.3. The van der Waals surface area contributed by atoms with Crippen molar-refractivity contribution >= 4 is 40.9 Å². The lowest BCUT2D eigenvalue weighted by Gasteiger charge is -2.28. The average molecular weight is 569 g/mol. The second-order valence-electron chi connectivity index (χ2n) is 10.3. The molecule has 0 aliphatic carbocycles. The first-order valence-corrected chi connectivity index (χ1v) is 13.4. The van der Waals surface area contributed by atoms with Gasteiger partial charge in [-0.25, -0.2) is 0 Å². The normalized spacial score (nSPS) is 12.6. The average Bonchev–Trinajstić information content (AvgIpc) is 2.94. The van der Waals surface area contributed by atoms with Crippen LogP contribution in [0.4, 0.5) is 0 Å². The number of carbonyl (C=O) groups excluding carboxylic acids is 3. The lowest BCUT2D eigenvalue weighted by atomic mass is 9.98. The van der Waals surface area contributed by atoms with E-state index in [0.717, 1.165) is 35.8 Å². The molecule has 4 N–H and O–H groups in total. The van der Waals surface area contributed by atoms with Gasteiger partial charge in [0, 0.05) is 32.2 Å². The third-order valence-electron chi connectivity index (χ3n) is 6.57. The first kappa shape index (κ1) is 32.8. The monoisotopic (exact) mass is 568 g/mol. The Balaban J connectivity index is 0.00000560. The number of fused-ring (bicyclic) bond motifs is 1. The Morgan fingerprint density at radius 2 is 1.57 bits per heavy atom. The number of benzene rings is 3. The SMILES string of the molecule is CO[C@H](C)CNCCCNC(=O)[C@@H](Cc1ccc2ccccc2c1)NC(=O)C(C)(C)NC(=O)c1ccccc1.Cl. The zero-order valence-corrected chi connectivity index (χ0v) is 24.5. The minimum atomic E-state index is -1.24. The van der Waals surface area contributed by atoms with E-state index in [9.17, 15) is 14.4 Å². The lowest BCUT2D eigenvalue weighted by Crippen LogP contribution is -2.59. The highest BCUT2D eigenvalue weighted by Gasteiger charge is 2.33. The molecule has 0 saturated heterocycles. The topological polar surface area (TPSA) is 109 Å². The van der Waals surface area contributed by atoms with Crippen LogP contribution in [0.2, 0.25) is 0 Å². The highest BCUT2D eigenvalue weighted by Crippen LogP contribution is 2.17. The van der Waals surface area contributed by atoms with Crippen LogP contribution in [0.3, 0.4) is 0 Å². The van der Waals surface area contributed by atoms with Crippen LogP contribution in [0.1, 0.15) is 43.1 Å². The molecule has 3 aromatic carbocycles. The zero-order chi connectivity index (χ0) is 28.3. The molecule has 3 aromatic rings. The van der Waals surface area contributed by atoms with E-state index in [1.54, 1.807) is 45.2 Å². The maximum Gasteiger partial charge on any atom is 0.252 e. The molecule has 3 amide bonds. The van der Waals surface area contributed by atoms with Gasteiger partial charge in [0.15, 0.2) is 0 Å². The van der Waals surface area contributed by atoms with Crippen molar-refractivity contribution < 1.29 is 19.1 Å². The smallest absolute Gasteiger partial charge is 0.252 e. The van der Waals surface area contributed by atoms with E-state index in [1.807, 2.05) is 55.5 Å². The number of ether oxygens (including phenoxy) is 1. The van der Waals surface area contributed by atoms with E-state index in [1.165, 1.54) is 0 Å². The van der Waals surface area contributed by atoms with Crippen molar-refractivity contribution in [1.29, 1.82) is 0 Å². The van der Waals surface area contributed by atoms with Gasteiger partial charge in [-0.05, 0) is 62.2 Å². The van der Waals surface area contributed by atoms with Crippen molar-refractivity contribution in [3.8, 4) is 0 Å². The Morgan fingerprint density at radius 1 is 0.900 bits per heavy atom. The van der Waals surface area contributed by atoms with Crippen molar-refractivity contribution in [3.63, 3.8) is 0 Å². The molecular weight excluding hydrogens is 528 g/mol. The van der Waals surface area contributed by atoms with Crippen LogP contribution in [0.25, 0.3) is 10.8 Å². The van der Waals surface area contributed by atoms with Crippen molar-refractivity contribution in [3.05, 3.63) is 83.9 Å². The number of rotatable bonds is 14. The minimum absolute atomic E-state index is 0. The number of methoxy groups -OCH3 is 1. The van der Waals surface area contributed by atoms with Gasteiger partial charge in [-0.2, -0.15) is 0 Å². The van der Waals surface area contributed by atoms with E-state index in [2.05, 4.69) is 21.3 Å². The second kappa shape index (κ2) is 16.0. The number of halogens is 1. The van der Waals surface area contributed by atoms with Crippen molar-refractivity contribution in [1.82, 2.24) is 21.3 Å². The quantitative estimate of drug-likeness (QED) is 0.222. The van der Waals surface area contributed by atoms with E-state index >= 15 is 0 Å². The van der Waals surface area contributed by atoms with Crippen molar-refractivity contribution in [2.45, 2.75) is 51.3 Å². The van der Waals surface area contributed by atoms with E-state index in [4.69, 9.17) is 4.74 Å². The summed E-state index contributed by atoms with van der Waals surface area (Å²) in [6, 6.07) is 21.9. The van der Waals surface area contributed by atoms with Crippen LogP contribution >= 0.6 is 12.4 Å². The Bertz CT molecular complexity index is 1250. The van der Waals surface area contributed by atoms with Gasteiger partial charge >= 0.3 is 0 Å². The summed E-state index contributed by atoms with van der Waals surface area (Å²) in [5, 5.41) is 14.1. The van der Waals surface area contributed by atoms with E-state index in [0.29, 0.717) is 18.5 Å². The summed E-state index contributed by atoms with van der Waals surface area (Å²) in [5.74, 6) is -1.07. The Hall–Kier alpha value is -3.46. The summed E-state index contributed by atoms with van der Waals surface area (Å²) in [7, 11) is 1.67. The third kappa shape index (κ3) is 9.93. The van der Waals surface area contributed by atoms with Gasteiger partial charge in [0.05, 0.1) is 6.10 Å².